The Kier molecular flexibility index (Phi) is 3.50. The van der Waals surface area contributed by atoms with Crippen LogP contribution in [0.4, 0.5) is 13.2 Å². The van der Waals surface area contributed by atoms with Crippen LogP contribution < -0.4 is 0 Å². The molecule has 1 aromatic carbocycles. The first-order chi connectivity index (χ1) is 8.55. The van der Waals surface area contributed by atoms with E-state index in [-0.39, 0.29) is 0 Å². The van der Waals surface area contributed by atoms with Crippen molar-refractivity contribution in [3.05, 3.63) is 59.9 Å². The van der Waals surface area contributed by atoms with Crippen molar-refractivity contribution in [1.29, 1.82) is 0 Å². The summed E-state index contributed by atoms with van der Waals surface area (Å²) in [7, 11) is 0. The number of alkyl halides is 3. The minimum atomic E-state index is -4.38. The molecule has 0 saturated carbocycles. The fraction of sp³-hybridized carbons (Fsp3) is 0.154. The van der Waals surface area contributed by atoms with Crippen molar-refractivity contribution >= 4 is 6.08 Å². The van der Waals surface area contributed by atoms with Crippen molar-refractivity contribution < 1.29 is 13.2 Å². The van der Waals surface area contributed by atoms with Gasteiger partial charge in [0.25, 0.3) is 0 Å². The lowest BCUT2D eigenvalue weighted by Gasteiger charge is -2.00. The van der Waals surface area contributed by atoms with Crippen molar-refractivity contribution in [2.24, 2.45) is 0 Å². The number of hydrogen-bond acceptors (Lipinski definition) is 1. The molecule has 0 fully saturated rings. The molecule has 0 spiro atoms. The second kappa shape index (κ2) is 5.08. The molecule has 0 aliphatic rings. The molecule has 94 valence electrons. The summed E-state index contributed by atoms with van der Waals surface area (Å²) in [4.78, 5) is 0. The predicted molar refractivity (Wildman–Crippen MR) is 62.7 cm³/mol. The van der Waals surface area contributed by atoms with Crippen molar-refractivity contribution in [1.82, 2.24) is 9.78 Å². The summed E-state index contributed by atoms with van der Waals surface area (Å²) in [5.41, 5.74) is 0.135. The number of allylic oxidation sites excluding steroid dienone is 1. The summed E-state index contributed by atoms with van der Waals surface area (Å²) in [5.74, 6) is 0. The first-order valence-corrected chi connectivity index (χ1v) is 5.38. The molecule has 0 N–H and O–H groups in total. The predicted octanol–water partition coefficient (Wildman–Crippen LogP) is 3.62. The molecule has 0 bridgehead atoms. The molecule has 0 unspecified atom stereocenters. The van der Waals surface area contributed by atoms with Crippen LogP contribution in [-0.4, -0.2) is 9.78 Å². The fourth-order valence-electron chi connectivity index (χ4n) is 1.48. The Morgan fingerprint density at radius 1 is 1.11 bits per heavy atom. The summed E-state index contributed by atoms with van der Waals surface area (Å²) in [5, 5.41) is 3.45. The first-order valence-electron chi connectivity index (χ1n) is 5.38. The zero-order valence-corrected chi connectivity index (χ0v) is 9.43. The van der Waals surface area contributed by atoms with E-state index in [0.29, 0.717) is 6.54 Å². The number of aromatic nitrogens is 2. The number of rotatable bonds is 3. The molecule has 18 heavy (non-hydrogen) atoms. The lowest BCUT2D eigenvalue weighted by Crippen LogP contribution is -2.07. The molecule has 1 aromatic heterocycles. The standard InChI is InChI=1S/C13H11F3N2/c14-13(15,16)12-8-10-18(17-12)9-4-7-11-5-2-1-3-6-11/h1-8,10H,9H2. The highest BCUT2D eigenvalue weighted by Gasteiger charge is 2.33. The highest BCUT2D eigenvalue weighted by molar-refractivity contribution is 5.48. The maximum atomic E-state index is 12.3. The van der Waals surface area contributed by atoms with Crippen LogP contribution >= 0.6 is 0 Å². The molecule has 1 heterocycles. The van der Waals surface area contributed by atoms with Gasteiger partial charge in [-0.25, -0.2) is 0 Å². The summed E-state index contributed by atoms with van der Waals surface area (Å²) >= 11 is 0. The Morgan fingerprint density at radius 3 is 2.44 bits per heavy atom. The van der Waals surface area contributed by atoms with Gasteiger partial charge in [0.1, 0.15) is 0 Å². The normalized spacial score (nSPS) is 12.2. The molecule has 0 atom stereocenters. The second-order valence-corrected chi connectivity index (χ2v) is 3.73. The fourth-order valence-corrected chi connectivity index (χ4v) is 1.48. The third-order valence-electron chi connectivity index (χ3n) is 2.33. The van der Waals surface area contributed by atoms with E-state index in [4.69, 9.17) is 0 Å². The van der Waals surface area contributed by atoms with E-state index < -0.39 is 11.9 Å². The molecular formula is C13H11F3N2. The third kappa shape index (κ3) is 3.23. The summed E-state index contributed by atoms with van der Waals surface area (Å²) < 4.78 is 38.1. The highest BCUT2D eigenvalue weighted by Crippen LogP contribution is 2.27. The summed E-state index contributed by atoms with van der Waals surface area (Å²) in [6.45, 7) is 0.310. The molecule has 0 saturated heterocycles. The Balaban J connectivity index is 1.99. The third-order valence-corrected chi connectivity index (χ3v) is 2.33. The Bertz CT molecular complexity index is 527. The molecular weight excluding hydrogens is 241 g/mol. The topological polar surface area (TPSA) is 17.8 Å². The van der Waals surface area contributed by atoms with E-state index in [1.807, 2.05) is 36.4 Å². The van der Waals surface area contributed by atoms with E-state index in [1.54, 1.807) is 6.08 Å². The molecule has 0 aliphatic carbocycles. The SMILES string of the molecule is FC(F)(F)c1ccn(CC=Cc2ccccc2)n1. The van der Waals surface area contributed by atoms with Gasteiger partial charge >= 0.3 is 6.18 Å². The van der Waals surface area contributed by atoms with Gasteiger partial charge in [-0.1, -0.05) is 42.5 Å². The number of hydrogen-bond donors (Lipinski definition) is 0. The van der Waals surface area contributed by atoms with Gasteiger partial charge in [0.2, 0.25) is 0 Å². The average Bonchev–Trinajstić information content (AvgIpc) is 2.79. The molecule has 0 radical (unpaired) electrons. The summed E-state index contributed by atoms with van der Waals surface area (Å²) in [6.07, 6.45) is 0.546. The van der Waals surface area contributed by atoms with Crippen LogP contribution in [0.3, 0.4) is 0 Å². The van der Waals surface area contributed by atoms with Gasteiger partial charge < -0.3 is 0 Å². The van der Waals surface area contributed by atoms with Gasteiger partial charge in [0.05, 0.1) is 6.54 Å². The van der Waals surface area contributed by atoms with Crippen LogP contribution in [0.25, 0.3) is 6.08 Å². The van der Waals surface area contributed by atoms with E-state index in [0.717, 1.165) is 11.6 Å². The van der Waals surface area contributed by atoms with E-state index in [2.05, 4.69) is 5.10 Å². The van der Waals surface area contributed by atoms with Crippen molar-refractivity contribution in [2.45, 2.75) is 12.7 Å². The van der Waals surface area contributed by atoms with Crippen LogP contribution in [-0.2, 0) is 12.7 Å². The minimum Gasteiger partial charge on any atom is -0.268 e. The first kappa shape index (κ1) is 12.4. The number of halogens is 3. The molecule has 0 aliphatic heterocycles. The van der Waals surface area contributed by atoms with Crippen LogP contribution in [0, 0.1) is 0 Å². The van der Waals surface area contributed by atoms with Crippen molar-refractivity contribution in [3.8, 4) is 0 Å². The van der Waals surface area contributed by atoms with Gasteiger partial charge in [-0.3, -0.25) is 4.68 Å². The minimum absolute atomic E-state index is 0.310. The van der Waals surface area contributed by atoms with Crippen molar-refractivity contribution in [3.63, 3.8) is 0 Å². The number of nitrogens with zero attached hydrogens (tertiary/aromatic N) is 2. The maximum absolute atomic E-state index is 12.3. The Labute approximate surface area is 102 Å². The van der Waals surface area contributed by atoms with Gasteiger partial charge in [-0.15, -0.1) is 0 Å². The van der Waals surface area contributed by atoms with Crippen molar-refractivity contribution in [2.75, 3.05) is 0 Å². The van der Waals surface area contributed by atoms with Gasteiger partial charge in [0.15, 0.2) is 5.69 Å². The zero-order valence-electron chi connectivity index (χ0n) is 9.43. The van der Waals surface area contributed by atoms with Crippen LogP contribution in [0.1, 0.15) is 11.3 Å². The molecule has 0 amide bonds. The highest BCUT2D eigenvalue weighted by atomic mass is 19.4. The van der Waals surface area contributed by atoms with Gasteiger partial charge in [0, 0.05) is 6.20 Å². The molecule has 2 aromatic rings. The smallest absolute Gasteiger partial charge is 0.268 e. The average molecular weight is 252 g/mol. The zero-order chi connectivity index (χ0) is 13.0. The number of benzene rings is 1. The monoisotopic (exact) mass is 252 g/mol. The van der Waals surface area contributed by atoms with Crippen LogP contribution in [0.2, 0.25) is 0 Å². The lowest BCUT2D eigenvalue weighted by molar-refractivity contribution is -0.141. The molecule has 2 rings (SSSR count). The van der Waals surface area contributed by atoms with Gasteiger partial charge in [-0.2, -0.15) is 18.3 Å². The van der Waals surface area contributed by atoms with Crippen LogP contribution in [0.15, 0.2) is 48.7 Å². The van der Waals surface area contributed by atoms with E-state index in [9.17, 15) is 13.2 Å². The Morgan fingerprint density at radius 2 is 1.83 bits per heavy atom. The second-order valence-electron chi connectivity index (χ2n) is 3.73. The van der Waals surface area contributed by atoms with Gasteiger partial charge in [-0.05, 0) is 11.6 Å². The quantitative estimate of drug-likeness (QED) is 0.815. The summed E-state index contributed by atoms with van der Waals surface area (Å²) in [6, 6.07) is 10.5. The lowest BCUT2D eigenvalue weighted by atomic mass is 10.2. The maximum Gasteiger partial charge on any atom is 0.435 e. The largest absolute Gasteiger partial charge is 0.435 e. The molecule has 5 heteroatoms. The Hall–Kier alpha value is -2.04. The van der Waals surface area contributed by atoms with E-state index in [1.165, 1.54) is 10.9 Å². The van der Waals surface area contributed by atoms with E-state index >= 15 is 0 Å². The van der Waals surface area contributed by atoms with Crippen LogP contribution in [0.5, 0.6) is 0 Å². The molecule has 2 nitrogen and oxygen atoms in total.